The molecule has 128 valence electrons. The quantitative estimate of drug-likeness (QED) is 0.775. The van der Waals surface area contributed by atoms with Gasteiger partial charge < -0.3 is 14.8 Å². The highest BCUT2D eigenvalue weighted by Crippen LogP contribution is 2.26. The number of ether oxygens (including phenoxy) is 2. The van der Waals surface area contributed by atoms with Gasteiger partial charge in [0, 0.05) is 18.7 Å². The number of aromatic nitrogens is 2. The van der Waals surface area contributed by atoms with Gasteiger partial charge in [-0.25, -0.2) is 4.98 Å². The molecule has 2 aromatic heterocycles. The van der Waals surface area contributed by atoms with Crippen molar-refractivity contribution in [3.63, 3.8) is 0 Å². The molecule has 1 aliphatic heterocycles. The predicted molar refractivity (Wildman–Crippen MR) is 95.1 cm³/mol. The molecule has 3 heterocycles. The topological polar surface area (TPSA) is 64.9 Å². The van der Waals surface area contributed by atoms with Gasteiger partial charge in [-0.3, -0.25) is 9.20 Å². The van der Waals surface area contributed by atoms with Crippen LogP contribution in [0.5, 0.6) is 5.75 Å². The largest absolute Gasteiger partial charge is 0.486 e. The molecule has 1 unspecified atom stereocenters. The summed E-state index contributed by atoms with van der Waals surface area (Å²) >= 11 is 0. The Hall–Kier alpha value is -2.86. The molecule has 25 heavy (non-hydrogen) atoms. The second-order valence-corrected chi connectivity index (χ2v) is 5.97. The summed E-state index contributed by atoms with van der Waals surface area (Å²) in [4.78, 5) is 16.7. The molecule has 1 atom stereocenters. The van der Waals surface area contributed by atoms with E-state index in [1.165, 1.54) is 4.40 Å². The van der Waals surface area contributed by atoms with Crippen molar-refractivity contribution in [2.75, 3.05) is 18.5 Å². The molecule has 0 saturated carbocycles. The van der Waals surface area contributed by atoms with E-state index in [4.69, 9.17) is 9.47 Å². The molecule has 1 N–H and O–H groups in total. The molecular weight excluding hydrogens is 318 g/mol. The first-order valence-electron chi connectivity index (χ1n) is 8.34. The Morgan fingerprint density at radius 3 is 3.00 bits per heavy atom. The number of benzene rings is 1. The summed E-state index contributed by atoms with van der Waals surface area (Å²) in [6.07, 6.45) is 2.71. The molecule has 1 fully saturated rings. The van der Waals surface area contributed by atoms with Crippen molar-refractivity contribution >= 4 is 11.3 Å². The SMILES string of the molecule is O=c1cc(CNc2ccccc2OC2CCOC2)nc2ccccn12. The fourth-order valence-corrected chi connectivity index (χ4v) is 2.88. The maximum Gasteiger partial charge on any atom is 0.258 e. The van der Waals surface area contributed by atoms with E-state index in [0.29, 0.717) is 24.5 Å². The van der Waals surface area contributed by atoms with Crippen molar-refractivity contribution in [3.05, 3.63) is 70.8 Å². The first-order chi connectivity index (χ1) is 12.3. The predicted octanol–water partition coefficient (Wildman–Crippen LogP) is 2.47. The van der Waals surface area contributed by atoms with Crippen molar-refractivity contribution in [3.8, 4) is 5.75 Å². The molecule has 0 bridgehead atoms. The van der Waals surface area contributed by atoms with E-state index >= 15 is 0 Å². The Balaban J connectivity index is 1.52. The molecule has 0 radical (unpaired) electrons. The number of hydrogen-bond acceptors (Lipinski definition) is 5. The molecule has 1 saturated heterocycles. The van der Waals surface area contributed by atoms with Crippen LogP contribution in [0.1, 0.15) is 12.1 Å². The molecule has 4 rings (SSSR count). The third-order valence-electron chi connectivity index (χ3n) is 4.15. The molecule has 1 aromatic carbocycles. The lowest BCUT2D eigenvalue weighted by Crippen LogP contribution is -2.18. The number of anilines is 1. The minimum Gasteiger partial charge on any atom is -0.486 e. The second-order valence-electron chi connectivity index (χ2n) is 5.97. The zero-order valence-corrected chi connectivity index (χ0v) is 13.7. The normalized spacial score (nSPS) is 16.9. The molecule has 3 aromatic rings. The highest BCUT2D eigenvalue weighted by atomic mass is 16.5. The van der Waals surface area contributed by atoms with Gasteiger partial charge in [0.25, 0.3) is 5.56 Å². The molecule has 0 aliphatic carbocycles. The highest BCUT2D eigenvalue weighted by molar-refractivity contribution is 5.56. The number of pyridine rings is 1. The van der Waals surface area contributed by atoms with Crippen LogP contribution in [0, 0.1) is 0 Å². The standard InChI is InChI=1S/C19H19N3O3/c23-19-11-14(21-18-7-3-4-9-22(18)19)12-20-16-5-1-2-6-17(16)25-15-8-10-24-13-15/h1-7,9,11,15,20H,8,10,12-13H2. The van der Waals surface area contributed by atoms with Crippen molar-refractivity contribution in [1.29, 1.82) is 0 Å². The number of hydrogen-bond donors (Lipinski definition) is 1. The summed E-state index contributed by atoms with van der Waals surface area (Å²) in [6, 6.07) is 14.8. The summed E-state index contributed by atoms with van der Waals surface area (Å²) in [6.45, 7) is 1.81. The van der Waals surface area contributed by atoms with Gasteiger partial charge in [0.15, 0.2) is 0 Å². The molecule has 6 heteroatoms. The Bertz CT molecular complexity index is 932. The van der Waals surface area contributed by atoms with E-state index in [1.807, 2.05) is 42.5 Å². The Kier molecular flexibility index (Phi) is 4.35. The van der Waals surface area contributed by atoms with Gasteiger partial charge in [0.1, 0.15) is 17.5 Å². The van der Waals surface area contributed by atoms with E-state index in [2.05, 4.69) is 10.3 Å². The van der Waals surface area contributed by atoms with Crippen LogP contribution in [-0.4, -0.2) is 28.7 Å². The summed E-state index contributed by atoms with van der Waals surface area (Å²) < 4.78 is 12.9. The van der Waals surface area contributed by atoms with Gasteiger partial charge in [-0.1, -0.05) is 18.2 Å². The number of nitrogens with one attached hydrogen (secondary N) is 1. The minimum absolute atomic E-state index is 0.0879. The zero-order chi connectivity index (χ0) is 17.1. The van der Waals surface area contributed by atoms with Gasteiger partial charge in [-0.05, 0) is 24.3 Å². The summed E-state index contributed by atoms with van der Waals surface area (Å²) in [5.41, 5.74) is 2.12. The number of rotatable bonds is 5. The van der Waals surface area contributed by atoms with Crippen LogP contribution >= 0.6 is 0 Å². The number of para-hydroxylation sites is 2. The van der Waals surface area contributed by atoms with Crippen molar-refractivity contribution < 1.29 is 9.47 Å². The first-order valence-corrected chi connectivity index (χ1v) is 8.34. The molecular formula is C19H19N3O3. The van der Waals surface area contributed by atoms with Crippen LogP contribution in [0.15, 0.2) is 59.5 Å². The van der Waals surface area contributed by atoms with Gasteiger partial charge in [0.2, 0.25) is 0 Å². The molecule has 1 aliphatic rings. The minimum atomic E-state index is -0.0879. The fourth-order valence-electron chi connectivity index (χ4n) is 2.88. The lowest BCUT2D eigenvalue weighted by molar-refractivity contribution is 0.142. The van der Waals surface area contributed by atoms with Crippen molar-refractivity contribution in [1.82, 2.24) is 9.38 Å². The van der Waals surface area contributed by atoms with E-state index in [1.54, 1.807) is 12.3 Å². The fraction of sp³-hybridized carbons (Fsp3) is 0.263. The summed E-state index contributed by atoms with van der Waals surface area (Å²) in [5, 5.41) is 3.32. The maximum atomic E-state index is 12.2. The lowest BCUT2D eigenvalue weighted by atomic mass is 10.2. The molecule has 0 spiro atoms. The number of nitrogens with zero attached hydrogens (tertiary/aromatic N) is 2. The maximum absolute atomic E-state index is 12.2. The van der Waals surface area contributed by atoms with Crippen LogP contribution in [-0.2, 0) is 11.3 Å². The second kappa shape index (κ2) is 6.94. The third kappa shape index (κ3) is 3.49. The average molecular weight is 337 g/mol. The van der Waals surface area contributed by atoms with Crippen LogP contribution in [0.25, 0.3) is 5.65 Å². The van der Waals surface area contributed by atoms with Crippen molar-refractivity contribution in [2.24, 2.45) is 0 Å². The van der Waals surface area contributed by atoms with Crippen LogP contribution in [0.2, 0.25) is 0 Å². The summed E-state index contributed by atoms with van der Waals surface area (Å²) in [5.74, 6) is 0.788. The Labute approximate surface area is 145 Å². The van der Waals surface area contributed by atoms with Gasteiger partial charge in [0.05, 0.1) is 31.1 Å². The highest BCUT2D eigenvalue weighted by Gasteiger charge is 2.18. The van der Waals surface area contributed by atoms with Gasteiger partial charge in [-0.15, -0.1) is 0 Å². The smallest absolute Gasteiger partial charge is 0.258 e. The van der Waals surface area contributed by atoms with Crippen LogP contribution in [0.3, 0.4) is 0 Å². The number of fused-ring (bicyclic) bond motifs is 1. The summed E-state index contributed by atoms with van der Waals surface area (Å²) in [7, 11) is 0. The van der Waals surface area contributed by atoms with Gasteiger partial charge in [-0.2, -0.15) is 0 Å². The Morgan fingerprint density at radius 1 is 1.24 bits per heavy atom. The van der Waals surface area contributed by atoms with Crippen molar-refractivity contribution in [2.45, 2.75) is 19.1 Å². The monoisotopic (exact) mass is 337 g/mol. The van der Waals surface area contributed by atoms with E-state index in [-0.39, 0.29) is 11.7 Å². The van der Waals surface area contributed by atoms with Gasteiger partial charge >= 0.3 is 0 Å². The van der Waals surface area contributed by atoms with Crippen LogP contribution < -0.4 is 15.6 Å². The molecule has 0 amide bonds. The Morgan fingerprint density at radius 2 is 2.12 bits per heavy atom. The van der Waals surface area contributed by atoms with Crippen LogP contribution in [0.4, 0.5) is 5.69 Å². The molecule has 6 nitrogen and oxygen atoms in total. The first kappa shape index (κ1) is 15.7. The third-order valence-corrected chi connectivity index (χ3v) is 4.15. The lowest BCUT2D eigenvalue weighted by Gasteiger charge is -2.16. The van der Waals surface area contributed by atoms with E-state index in [0.717, 1.165) is 24.5 Å². The van der Waals surface area contributed by atoms with E-state index < -0.39 is 0 Å². The average Bonchev–Trinajstić information content (AvgIpc) is 3.14. The zero-order valence-electron chi connectivity index (χ0n) is 13.7. The van der Waals surface area contributed by atoms with E-state index in [9.17, 15) is 4.79 Å².